The molecule has 0 spiro atoms. The van der Waals surface area contributed by atoms with Crippen LogP contribution >= 0.6 is 22.9 Å². The Balaban J connectivity index is 1.83. The summed E-state index contributed by atoms with van der Waals surface area (Å²) < 4.78 is 32.1. The average molecular weight is 353 g/mol. The standard InChI is InChI=1S/C12H17ClN2O4S2/c1-19-12(16)15-6-4-9(5-7-15)8-14-21(17,18)11-3-2-10(13)20-11/h2-3,9,14H,4-8H2,1H3. The molecule has 1 aromatic rings. The van der Waals surface area contributed by atoms with E-state index >= 15 is 0 Å². The lowest BCUT2D eigenvalue weighted by Crippen LogP contribution is -2.41. The molecular formula is C12H17ClN2O4S2. The molecule has 118 valence electrons. The molecule has 0 atom stereocenters. The number of ether oxygens (including phenoxy) is 1. The number of hydrogen-bond acceptors (Lipinski definition) is 5. The first-order chi connectivity index (χ1) is 9.92. The number of sulfonamides is 1. The molecule has 0 unspecified atom stereocenters. The molecule has 0 radical (unpaired) electrons. The van der Waals surface area contributed by atoms with Crippen LogP contribution in [-0.4, -0.2) is 46.2 Å². The molecule has 1 aliphatic heterocycles. The van der Waals surface area contributed by atoms with E-state index in [2.05, 4.69) is 9.46 Å². The van der Waals surface area contributed by atoms with Gasteiger partial charge in [0.15, 0.2) is 0 Å². The summed E-state index contributed by atoms with van der Waals surface area (Å²) in [6, 6.07) is 3.06. The van der Waals surface area contributed by atoms with E-state index in [9.17, 15) is 13.2 Å². The monoisotopic (exact) mass is 352 g/mol. The van der Waals surface area contributed by atoms with Crippen LogP contribution < -0.4 is 4.72 Å². The van der Waals surface area contributed by atoms with Crippen molar-refractivity contribution in [2.24, 2.45) is 5.92 Å². The van der Waals surface area contributed by atoms with E-state index in [-0.39, 0.29) is 16.2 Å². The topological polar surface area (TPSA) is 75.7 Å². The SMILES string of the molecule is COC(=O)N1CCC(CNS(=O)(=O)c2ccc(Cl)s2)CC1. The van der Waals surface area contributed by atoms with Crippen molar-refractivity contribution in [2.75, 3.05) is 26.7 Å². The summed E-state index contributed by atoms with van der Waals surface area (Å²) in [6.07, 6.45) is 1.17. The first-order valence-corrected chi connectivity index (χ1v) is 9.18. The maximum Gasteiger partial charge on any atom is 0.409 e. The van der Waals surface area contributed by atoms with Crippen molar-refractivity contribution in [1.29, 1.82) is 0 Å². The fourth-order valence-corrected chi connectivity index (χ4v) is 4.83. The Hall–Kier alpha value is -0.830. The first-order valence-electron chi connectivity index (χ1n) is 6.50. The molecule has 0 saturated carbocycles. The van der Waals surface area contributed by atoms with E-state index in [4.69, 9.17) is 11.6 Å². The van der Waals surface area contributed by atoms with Gasteiger partial charge in [-0.15, -0.1) is 11.3 Å². The third kappa shape index (κ3) is 4.32. The van der Waals surface area contributed by atoms with Gasteiger partial charge in [0, 0.05) is 19.6 Å². The maximum atomic E-state index is 12.1. The summed E-state index contributed by atoms with van der Waals surface area (Å²) >= 11 is 6.79. The lowest BCUT2D eigenvalue weighted by Gasteiger charge is -2.30. The molecular weight excluding hydrogens is 336 g/mol. The van der Waals surface area contributed by atoms with Crippen LogP contribution in [0, 0.1) is 5.92 Å². The van der Waals surface area contributed by atoms with Gasteiger partial charge in [-0.1, -0.05) is 11.6 Å². The molecule has 0 aromatic carbocycles. The molecule has 1 aromatic heterocycles. The van der Waals surface area contributed by atoms with Crippen LogP contribution in [0.1, 0.15) is 12.8 Å². The van der Waals surface area contributed by atoms with E-state index < -0.39 is 10.0 Å². The number of amides is 1. The number of methoxy groups -OCH3 is 1. The quantitative estimate of drug-likeness (QED) is 0.900. The molecule has 1 aliphatic rings. The fourth-order valence-electron chi connectivity index (χ4n) is 2.19. The zero-order chi connectivity index (χ0) is 15.5. The minimum absolute atomic E-state index is 0.219. The molecule has 1 saturated heterocycles. The minimum atomic E-state index is -3.49. The number of halogens is 1. The van der Waals surface area contributed by atoms with Gasteiger partial charge < -0.3 is 9.64 Å². The van der Waals surface area contributed by atoms with E-state index in [0.29, 0.717) is 24.0 Å². The van der Waals surface area contributed by atoms with Crippen molar-refractivity contribution in [3.63, 3.8) is 0 Å². The van der Waals surface area contributed by atoms with E-state index in [1.165, 1.54) is 13.2 Å². The molecule has 9 heteroatoms. The first kappa shape index (κ1) is 16.5. The number of nitrogens with zero attached hydrogens (tertiary/aromatic N) is 1. The van der Waals surface area contributed by atoms with Gasteiger partial charge in [-0.05, 0) is 30.9 Å². The zero-order valence-electron chi connectivity index (χ0n) is 11.5. The molecule has 0 aliphatic carbocycles. The number of hydrogen-bond donors (Lipinski definition) is 1. The third-order valence-electron chi connectivity index (χ3n) is 3.42. The highest BCUT2D eigenvalue weighted by molar-refractivity contribution is 7.91. The molecule has 1 fully saturated rings. The van der Waals surface area contributed by atoms with Gasteiger partial charge in [0.2, 0.25) is 10.0 Å². The van der Waals surface area contributed by atoms with Crippen LogP contribution in [0.2, 0.25) is 4.34 Å². The second-order valence-corrected chi connectivity index (χ2v) is 8.52. The Bertz CT molecular complexity index is 594. The Morgan fingerprint density at radius 2 is 2.14 bits per heavy atom. The molecule has 21 heavy (non-hydrogen) atoms. The normalized spacial score (nSPS) is 17.0. The summed E-state index contributed by atoms with van der Waals surface area (Å²) in [7, 11) is -2.14. The Kier molecular flexibility index (Phi) is 5.48. The number of carbonyl (C=O) groups is 1. The Morgan fingerprint density at radius 3 is 2.67 bits per heavy atom. The largest absolute Gasteiger partial charge is 0.453 e. The molecule has 1 amide bonds. The minimum Gasteiger partial charge on any atom is -0.453 e. The van der Waals surface area contributed by atoms with Gasteiger partial charge in [-0.25, -0.2) is 17.9 Å². The van der Waals surface area contributed by atoms with Crippen molar-refractivity contribution in [3.8, 4) is 0 Å². The van der Waals surface area contributed by atoms with Crippen LogP contribution in [-0.2, 0) is 14.8 Å². The molecule has 6 nitrogen and oxygen atoms in total. The van der Waals surface area contributed by atoms with Crippen molar-refractivity contribution < 1.29 is 17.9 Å². The maximum absolute atomic E-state index is 12.1. The van der Waals surface area contributed by atoms with Gasteiger partial charge in [-0.2, -0.15) is 0 Å². The zero-order valence-corrected chi connectivity index (χ0v) is 13.9. The molecule has 2 rings (SSSR count). The van der Waals surface area contributed by atoms with E-state index in [1.807, 2.05) is 0 Å². The summed E-state index contributed by atoms with van der Waals surface area (Å²) in [4.78, 5) is 13.0. The predicted molar refractivity (Wildman–Crippen MR) is 81.2 cm³/mol. The number of piperidine rings is 1. The van der Waals surface area contributed by atoms with Gasteiger partial charge >= 0.3 is 6.09 Å². The van der Waals surface area contributed by atoms with E-state index in [0.717, 1.165) is 24.2 Å². The van der Waals surface area contributed by atoms with Crippen LogP contribution in [0.3, 0.4) is 0 Å². The highest BCUT2D eigenvalue weighted by Gasteiger charge is 2.25. The van der Waals surface area contributed by atoms with Crippen LogP contribution in [0.25, 0.3) is 0 Å². The van der Waals surface area contributed by atoms with Crippen LogP contribution in [0.4, 0.5) is 4.79 Å². The fraction of sp³-hybridized carbons (Fsp3) is 0.583. The summed E-state index contributed by atoms with van der Waals surface area (Å²) in [5, 5.41) is 0. The highest BCUT2D eigenvalue weighted by atomic mass is 35.5. The van der Waals surface area contributed by atoms with Crippen molar-refractivity contribution in [1.82, 2.24) is 9.62 Å². The van der Waals surface area contributed by atoms with Gasteiger partial charge in [0.25, 0.3) is 0 Å². The number of rotatable bonds is 4. The molecule has 2 heterocycles. The smallest absolute Gasteiger partial charge is 0.409 e. The van der Waals surface area contributed by atoms with E-state index in [1.54, 1.807) is 11.0 Å². The van der Waals surface area contributed by atoms with Gasteiger partial charge in [0.05, 0.1) is 11.4 Å². The summed E-state index contributed by atoms with van der Waals surface area (Å²) in [5.74, 6) is 0.219. The third-order valence-corrected chi connectivity index (χ3v) is 6.57. The second kappa shape index (κ2) is 6.95. The molecule has 0 bridgehead atoms. The number of likely N-dealkylation sites (tertiary alicyclic amines) is 1. The highest BCUT2D eigenvalue weighted by Crippen LogP contribution is 2.25. The van der Waals surface area contributed by atoms with Gasteiger partial charge in [-0.3, -0.25) is 0 Å². The summed E-state index contributed by atoms with van der Waals surface area (Å²) in [6.45, 7) is 1.54. The lowest BCUT2D eigenvalue weighted by molar-refractivity contribution is 0.106. The molecule has 1 N–H and O–H groups in total. The second-order valence-electron chi connectivity index (χ2n) is 4.81. The van der Waals surface area contributed by atoms with Crippen molar-refractivity contribution >= 4 is 39.1 Å². The predicted octanol–water partition coefficient (Wildman–Crippen LogP) is 2.16. The van der Waals surface area contributed by atoms with Crippen LogP contribution in [0.5, 0.6) is 0 Å². The Labute approximate surface area is 133 Å². The summed E-state index contributed by atoms with van der Waals surface area (Å²) in [5.41, 5.74) is 0. The average Bonchev–Trinajstić information content (AvgIpc) is 2.92. The van der Waals surface area contributed by atoms with Crippen molar-refractivity contribution in [2.45, 2.75) is 17.1 Å². The van der Waals surface area contributed by atoms with Crippen LogP contribution in [0.15, 0.2) is 16.3 Å². The number of nitrogens with one attached hydrogen (secondary N) is 1. The Morgan fingerprint density at radius 1 is 1.48 bits per heavy atom. The number of carbonyl (C=O) groups excluding carboxylic acids is 1. The van der Waals surface area contributed by atoms with Gasteiger partial charge in [0.1, 0.15) is 4.21 Å². The van der Waals surface area contributed by atoms with Crippen molar-refractivity contribution in [3.05, 3.63) is 16.5 Å². The number of thiophene rings is 1. The lowest BCUT2D eigenvalue weighted by atomic mass is 9.97.